The lowest BCUT2D eigenvalue weighted by Gasteiger charge is -2.04. The molecule has 3 aromatic rings. The molecule has 1 fully saturated rings. The van der Waals surface area contributed by atoms with Crippen LogP contribution in [0, 0.1) is 0 Å². The largest absolute Gasteiger partial charge is 0.359 e. The Kier molecular flexibility index (Phi) is 3.42. The molecule has 0 radical (unpaired) electrons. The van der Waals surface area contributed by atoms with Crippen LogP contribution in [0.3, 0.4) is 0 Å². The molecule has 8 heteroatoms. The lowest BCUT2D eigenvalue weighted by molar-refractivity contribution is 0.103. The molecule has 2 heterocycles. The summed E-state index contributed by atoms with van der Waals surface area (Å²) in [5.41, 5.74) is 2.17. The Hall–Kier alpha value is -2.61. The van der Waals surface area contributed by atoms with E-state index in [0.717, 1.165) is 29.0 Å². The van der Waals surface area contributed by atoms with Crippen molar-refractivity contribution < 1.29 is 4.79 Å². The summed E-state index contributed by atoms with van der Waals surface area (Å²) in [4.78, 5) is 29.1. The molecule has 1 amide bonds. The van der Waals surface area contributed by atoms with Crippen LogP contribution in [0.5, 0.6) is 0 Å². The van der Waals surface area contributed by atoms with E-state index >= 15 is 0 Å². The van der Waals surface area contributed by atoms with Gasteiger partial charge in [-0.25, -0.2) is 9.78 Å². The number of aromatic nitrogens is 3. The van der Waals surface area contributed by atoms with Crippen LogP contribution >= 0.6 is 11.3 Å². The zero-order valence-electron chi connectivity index (χ0n) is 13.4. The third-order valence-electron chi connectivity index (χ3n) is 4.16. The van der Waals surface area contributed by atoms with Crippen LogP contribution in [0.15, 0.2) is 29.2 Å². The minimum atomic E-state index is -0.198. The summed E-state index contributed by atoms with van der Waals surface area (Å²) < 4.78 is 3.15. The first-order valence-corrected chi connectivity index (χ1v) is 8.54. The van der Waals surface area contributed by atoms with Crippen molar-refractivity contribution in [3.63, 3.8) is 0 Å². The van der Waals surface area contributed by atoms with Crippen molar-refractivity contribution in [3.8, 4) is 0 Å². The molecule has 24 heavy (non-hydrogen) atoms. The summed E-state index contributed by atoms with van der Waals surface area (Å²) in [5, 5.41) is 6.93. The van der Waals surface area contributed by atoms with Crippen molar-refractivity contribution in [2.75, 3.05) is 10.6 Å². The van der Waals surface area contributed by atoms with Gasteiger partial charge in [-0.2, -0.15) is 0 Å². The summed E-state index contributed by atoms with van der Waals surface area (Å²) in [5.74, 6) is -0.198. The number of nitrogens with zero attached hydrogens (tertiary/aromatic N) is 3. The summed E-state index contributed by atoms with van der Waals surface area (Å²) in [6.45, 7) is 0. The van der Waals surface area contributed by atoms with Crippen LogP contribution in [0.1, 0.15) is 22.5 Å². The monoisotopic (exact) mass is 343 g/mol. The number of anilines is 2. The minimum Gasteiger partial charge on any atom is -0.359 e. The molecule has 4 rings (SSSR count). The highest BCUT2D eigenvalue weighted by Crippen LogP contribution is 2.28. The number of rotatable bonds is 4. The number of imidazole rings is 1. The van der Waals surface area contributed by atoms with Crippen LogP contribution < -0.4 is 16.3 Å². The van der Waals surface area contributed by atoms with E-state index in [-0.39, 0.29) is 11.6 Å². The van der Waals surface area contributed by atoms with Crippen LogP contribution in [0.2, 0.25) is 0 Å². The molecule has 0 atom stereocenters. The molecular formula is C16H17N5O2S. The maximum atomic E-state index is 12.4. The van der Waals surface area contributed by atoms with Crippen molar-refractivity contribution in [1.82, 2.24) is 14.1 Å². The zero-order chi connectivity index (χ0) is 16.8. The van der Waals surface area contributed by atoms with Crippen molar-refractivity contribution in [3.05, 3.63) is 39.8 Å². The number of aryl methyl sites for hydroxylation is 2. The number of amides is 1. The van der Waals surface area contributed by atoms with E-state index in [1.165, 1.54) is 11.3 Å². The fraction of sp³-hybridized carbons (Fsp3) is 0.312. The van der Waals surface area contributed by atoms with E-state index in [1.807, 2.05) is 6.07 Å². The maximum absolute atomic E-state index is 12.4. The Morgan fingerprint density at radius 1 is 1.25 bits per heavy atom. The van der Waals surface area contributed by atoms with Gasteiger partial charge in [-0.3, -0.25) is 13.9 Å². The molecule has 1 aromatic carbocycles. The average Bonchev–Trinajstić information content (AvgIpc) is 3.22. The summed E-state index contributed by atoms with van der Waals surface area (Å²) in [6, 6.07) is 5.94. The third kappa shape index (κ3) is 2.58. The van der Waals surface area contributed by atoms with E-state index in [1.54, 1.807) is 41.6 Å². The zero-order valence-corrected chi connectivity index (χ0v) is 14.2. The van der Waals surface area contributed by atoms with Gasteiger partial charge in [0.05, 0.1) is 17.2 Å². The van der Waals surface area contributed by atoms with Gasteiger partial charge in [0, 0.05) is 25.8 Å². The second-order valence-corrected chi connectivity index (χ2v) is 7.04. The molecule has 0 saturated heterocycles. The number of carbonyl (C=O) groups is 1. The molecule has 7 nitrogen and oxygen atoms in total. The molecule has 0 unspecified atom stereocenters. The van der Waals surface area contributed by atoms with Crippen LogP contribution in [-0.2, 0) is 14.1 Å². The number of hydrogen-bond acceptors (Lipinski definition) is 5. The fourth-order valence-electron chi connectivity index (χ4n) is 2.63. The molecule has 1 aliphatic carbocycles. The molecule has 0 aliphatic heterocycles. The Morgan fingerprint density at radius 3 is 2.75 bits per heavy atom. The summed E-state index contributed by atoms with van der Waals surface area (Å²) in [7, 11) is 3.45. The lowest BCUT2D eigenvalue weighted by atomic mass is 10.2. The van der Waals surface area contributed by atoms with Gasteiger partial charge in [0.1, 0.15) is 4.88 Å². The first-order valence-electron chi connectivity index (χ1n) is 7.72. The van der Waals surface area contributed by atoms with E-state index in [2.05, 4.69) is 15.6 Å². The normalized spacial score (nSPS) is 14.1. The first-order chi connectivity index (χ1) is 11.5. The highest BCUT2D eigenvalue weighted by Gasteiger charge is 2.22. The minimum absolute atomic E-state index is 0.0910. The van der Waals surface area contributed by atoms with Crippen molar-refractivity contribution in [2.45, 2.75) is 18.9 Å². The molecule has 124 valence electrons. The molecule has 1 aliphatic rings. The Labute approximate surface area is 141 Å². The summed E-state index contributed by atoms with van der Waals surface area (Å²) >= 11 is 1.35. The Bertz CT molecular complexity index is 996. The van der Waals surface area contributed by atoms with Gasteiger partial charge < -0.3 is 10.6 Å². The molecule has 2 aromatic heterocycles. The van der Waals surface area contributed by atoms with E-state index < -0.39 is 0 Å². The van der Waals surface area contributed by atoms with Gasteiger partial charge in [-0.15, -0.1) is 0 Å². The Morgan fingerprint density at radius 2 is 2.00 bits per heavy atom. The topological polar surface area (TPSA) is 81.0 Å². The van der Waals surface area contributed by atoms with Gasteiger partial charge in [0.15, 0.2) is 5.13 Å². The van der Waals surface area contributed by atoms with E-state index in [0.29, 0.717) is 16.6 Å². The van der Waals surface area contributed by atoms with Crippen molar-refractivity contribution in [1.29, 1.82) is 0 Å². The highest BCUT2D eigenvalue weighted by molar-refractivity contribution is 7.17. The molecular weight excluding hydrogens is 326 g/mol. The fourth-order valence-corrected chi connectivity index (χ4v) is 3.41. The average molecular weight is 343 g/mol. The number of thiazole rings is 1. The number of nitrogens with one attached hydrogen (secondary N) is 2. The maximum Gasteiger partial charge on any atom is 0.328 e. The van der Waals surface area contributed by atoms with Crippen molar-refractivity contribution >= 4 is 39.1 Å². The number of hydrogen-bond donors (Lipinski definition) is 2. The van der Waals surface area contributed by atoms with Crippen LogP contribution in [0.4, 0.5) is 10.8 Å². The lowest BCUT2D eigenvalue weighted by Crippen LogP contribution is -2.19. The van der Waals surface area contributed by atoms with Crippen LogP contribution in [0.25, 0.3) is 11.0 Å². The van der Waals surface area contributed by atoms with Gasteiger partial charge in [-0.05, 0) is 31.0 Å². The van der Waals surface area contributed by atoms with Crippen LogP contribution in [-0.4, -0.2) is 26.1 Å². The number of carbonyl (C=O) groups excluding carboxylic acids is 1. The number of fused-ring (bicyclic) bond motifs is 1. The second kappa shape index (κ2) is 5.48. The van der Waals surface area contributed by atoms with Gasteiger partial charge in [-0.1, -0.05) is 11.3 Å². The highest BCUT2D eigenvalue weighted by atomic mass is 32.1. The van der Waals surface area contributed by atoms with Crippen molar-refractivity contribution in [2.24, 2.45) is 14.1 Å². The quantitative estimate of drug-likeness (QED) is 0.761. The molecule has 0 bridgehead atoms. The summed E-state index contributed by atoms with van der Waals surface area (Å²) in [6.07, 6.45) is 3.91. The molecule has 2 N–H and O–H groups in total. The van der Waals surface area contributed by atoms with Gasteiger partial charge in [0.25, 0.3) is 5.91 Å². The van der Waals surface area contributed by atoms with Gasteiger partial charge in [0.2, 0.25) is 0 Å². The second-order valence-electron chi connectivity index (χ2n) is 6.01. The predicted molar refractivity (Wildman–Crippen MR) is 94.9 cm³/mol. The standard InChI is InChI=1S/C16H17N5O2S/c1-20-11-6-5-10(7-12(11)21(2)16(20)23)18-14(22)13-8-17-15(24-13)19-9-3-4-9/h5-9H,3-4H2,1-2H3,(H,17,19)(H,18,22). The third-order valence-corrected chi connectivity index (χ3v) is 5.09. The molecule has 0 spiro atoms. The first kappa shape index (κ1) is 14.9. The SMILES string of the molecule is Cn1c(=O)n(C)c2cc(NC(=O)c3cnc(NC4CC4)s3)ccc21. The van der Waals surface area contributed by atoms with E-state index in [4.69, 9.17) is 0 Å². The predicted octanol–water partition coefficient (Wildman–Crippen LogP) is 2.16. The molecule has 1 saturated carbocycles. The smallest absolute Gasteiger partial charge is 0.328 e. The van der Waals surface area contributed by atoms with E-state index in [9.17, 15) is 9.59 Å². The van der Waals surface area contributed by atoms with Gasteiger partial charge >= 0.3 is 5.69 Å². The Balaban J connectivity index is 1.56. The number of benzene rings is 1.